The van der Waals surface area contributed by atoms with Crippen LogP contribution in [0.15, 0.2) is 23.1 Å². The predicted octanol–water partition coefficient (Wildman–Crippen LogP) is 3.21. The Morgan fingerprint density at radius 1 is 1.32 bits per heavy atom. The van der Waals surface area contributed by atoms with Gasteiger partial charge in [0.2, 0.25) is 10.0 Å². The van der Waals surface area contributed by atoms with Gasteiger partial charge in [0.15, 0.2) is 0 Å². The largest absolute Gasteiger partial charge is 0.241 e. The van der Waals surface area contributed by atoms with Crippen molar-refractivity contribution in [2.45, 2.75) is 44.0 Å². The Morgan fingerprint density at radius 3 is 2.37 bits per heavy atom. The summed E-state index contributed by atoms with van der Waals surface area (Å²) in [6, 6.07) is 3.72. The first-order valence-corrected chi connectivity index (χ1v) is 8.18. The number of sulfonamides is 1. The average molecular weight is 308 g/mol. The van der Waals surface area contributed by atoms with Gasteiger partial charge in [-0.2, -0.15) is 0 Å². The zero-order valence-electron chi connectivity index (χ0n) is 11.3. The molecule has 0 heterocycles. The highest BCUT2D eigenvalue weighted by Crippen LogP contribution is 2.23. The molecule has 0 bridgehead atoms. The van der Waals surface area contributed by atoms with Crippen molar-refractivity contribution in [3.63, 3.8) is 0 Å². The maximum Gasteiger partial charge on any atom is 0.241 e. The van der Waals surface area contributed by atoms with E-state index < -0.39 is 21.4 Å². The average Bonchev–Trinajstić information content (AvgIpc) is 2.39. The van der Waals surface area contributed by atoms with Crippen molar-refractivity contribution in [3.8, 4) is 0 Å². The first-order chi connectivity index (χ1) is 8.80. The van der Waals surface area contributed by atoms with Crippen molar-refractivity contribution in [3.05, 3.63) is 29.6 Å². The Bertz CT molecular complexity index is 533. The maximum atomic E-state index is 13.2. The lowest BCUT2D eigenvalue weighted by Crippen LogP contribution is -2.49. The van der Waals surface area contributed by atoms with Crippen molar-refractivity contribution < 1.29 is 12.8 Å². The Labute approximate surface area is 119 Å². The van der Waals surface area contributed by atoms with Crippen molar-refractivity contribution in [1.29, 1.82) is 0 Å². The number of hydrogen-bond acceptors (Lipinski definition) is 2. The number of halogens is 2. The van der Waals surface area contributed by atoms with Gasteiger partial charge in [-0.15, -0.1) is 11.6 Å². The quantitative estimate of drug-likeness (QED) is 0.820. The van der Waals surface area contributed by atoms with Crippen molar-refractivity contribution in [2.75, 3.05) is 5.88 Å². The molecule has 0 aromatic heterocycles. The minimum atomic E-state index is -3.78. The van der Waals surface area contributed by atoms with Crippen LogP contribution in [-0.4, -0.2) is 19.8 Å². The van der Waals surface area contributed by atoms with E-state index in [1.54, 1.807) is 6.92 Å². The summed E-state index contributed by atoms with van der Waals surface area (Å²) in [6.45, 7) is 5.37. The predicted molar refractivity (Wildman–Crippen MR) is 75.5 cm³/mol. The first kappa shape index (κ1) is 16.4. The molecule has 0 amide bonds. The van der Waals surface area contributed by atoms with E-state index in [9.17, 15) is 12.8 Å². The van der Waals surface area contributed by atoms with Gasteiger partial charge in [0.25, 0.3) is 0 Å². The third-order valence-corrected chi connectivity index (χ3v) is 5.63. The molecule has 0 saturated carbocycles. The smallest absolute Gasteiger partial charge is 0.207 e. The Hall–Kier alpha value is -0.650. The second kappa shape index (κ2) is 6.20. The molecule has 0 aliphatic carbocycles. The van der Waals surface area contributed by atoms with Gasteiger partial charge >= 0.3 is 0 Å². The third kappa shape index (κ3) is 3.68. The van der Waals surface area contributed by atoms with E-state index in [1.807, 2.05) is 13.8 Å². The lowest BCUT2D eigenvalue weighted by Gasteiger charge is -2.30. The van der Waals surface area contributed by atoms with E-state index in [-0.39, 0.29) is 10.8 Å². The van der Waals surface area contributed by atoms with Crippen molar-refractivity contribution >= 4 is 21.6 Å². The van der Waals surface area contributed by atoms with E-state index in [0.29, 0.717) is 18.4 Å². The molecule has 1 N–H and O–H groups in total. The van der Waals surface area contributed by atoms with Crippen LogP contribution < -0.4 is 4.72 Å². The molecule has 0 fully saturated rings. The van der Waals surface area contributed by atoms with Crippen LogP contribution >= 0.6 is 11.6 Å². The number of hydrogen-bond donors (Lipinski definition) is 1. The summed E-state index contributed by atoms with van der Waals surface area (Å²) in [6.07, 6.45) is 1.14. The molecule has 19 heavy (non-hydrogen) atoms. The van der Waals surface area contributed by atoms with Gasteiger partial charge < -0.3 is 0 Å². The van der Waals surface area contributed by atoms with Gasteiger partial charge in [0.05, 0.1) is 4.90 Å². The Morgan fingerprint density at radius 2 is 1.89 bits per heavy atom. The van der Waals surface area contributed by atoms with Crippen LogP contribution in [0.2, 0.25) is 0 Å². The minimum absolute atomic E-state index is 0.0381. The molecule has 0 aliphatic heterocycles. The van der Waals surface area contributed by atoms with Crippen LogP contribution in [0.1, 0.15) is 32.3 Å². The molecule has 0 unspecified atom stereocenters. The maximum absolute atomic E-state index is 13.2. The second-order valence-corrected chi connectivity index (χ2v) is 6.55. The van der Waals surface area contributed by atoms with Gasteiger partial charge in [0, 0.05) is 11.4 Å². The molecule has 108 valence electrons. The number of benzene rings is 1. The van der Waals surface area contributed by atoms with Gasteiger partial charge in [-0.05, 0) is 37.5 Å². The number of rotatable bonds is 6. The van der Waals surface area contributed by atoms with E-state index in [1.165, 1.54) is 12.1 Å². The minimum Gasteiger partial charge on any atom is -0.207 e. The summed E-state index contributed by atoms with van der Waals surface area (Å²) in [5, 5.41) is 0. The van der Waals surface area contributed by atoms with E-state index in [0.717, 1.165) is 6.07 Å². The summed E-state index contributed by atoms with van der Waals surface area (Å²) < 4.78 is 40.6. The Kier molecular flexibility index (Phi) is 5.35. The fraction of sp³-hybridized carbons (Fsp3) is 0.538. The van der Waals surface area contributed by atoms with Crippen LogP contribution in [-0.2, 0) is 10.0 Å². The number of nitrogens with one attached hydrogen (secondary N) is 1. The normalized spacial score (nSPS) is 12.7. The van der Waals surface area contributed by atoms with Crippen molar-refractivity contribution in [2.24, 2.45) is 0 Å². The molecular formula is C13H19ClFNO2S. The summed E-state index contributed by atoms with van der Waals surface area (Å²) in [5.41, 5.74) is -0.191. The Balaban J connectivity index is 3.21. The molecule has 0 aliphatic rings. The van der Waals surface area contributed by atoms with Gasteiger partial charge in [-0.25, -0.2) is 17.5 Å². The van der Waals surface area contributed by atoms with Gasteiger partial charge in [-0.1, -0.05) is 19.9 Å². The molecular weight excluding hydrogens is 289 g/mol. The molecule has 1 aromatic rings. The molecule has 3 nitrogen and oxygen atoms in total. The molecule has 1 rings (SSSR count). The fourth-order valence-electron chi connectivity index (χ4n) is 1.81. The summed E-state index contributed by atoms with van der Waals surface area (Å²) in [4.78, 5) is -0.0381. The topological polar surface area (TPSA) is 46.2 Å². The summed E-state index contributed by atoms with van der Waals surface area (Å²) in [5.74, 6) is -0.399. The third-order valence-electron chi connectivity index (χ3n) is 3.40. The number of aryl methyl sites for hydroxylation is 1. The van der Waals surface area contributed by atoms with Crippen LogP contribution in [0.25, 0.3) is 0 Å². The van der Waals surface area contributed by atoms with Crippen molar-refractivity contribution in [1.82, 2.24) is 4.72 Å². The zero-order valence-corrected chi connectivity index (χ0v) is 12.9. The van der Waals surface area contributed by atoms with Crippen LogP contribution in [0.4, 0.5) is 4.39 Å². The van der Waals surface area contributed by atoms with Gasteiger partial charge in [0.1, 0.15) is 5.82 Å². The number of alkyl halides is 1. The first-order valence-electron chi connectivity index (χ1n) is 6.16. The van der Waals surface area contributed by atoms with E-state index in [2.05, 4.69) is 4.72 Å². The van der Waals surface area contributed by atoms with Crippen LogP contribution in [0.5, 0.6) is 0 Å². The highest BCUT2D eigenvalue weighted by molar-refractivity contribution is 7.89. The molecule has 0 radical (unpaired) electrons. The zero-order chi connectivity index (χ0) is 14.7. The molecule has 0 saturated heterocycles. The fourth-order valence-corrected chi connectivity index (χ4v) is 4.14. The SMILES string of the molecule is CCC(CC)(CCl)NS(=O)(=O)c1cc(F)ccc1C. The standard InChI is InChI=1S/C13H19ClFNO2S/c1-4-13(5-2,9-14)16-19(17,18)12-8-11(15)7-6-10(12)3/h6-8,16H,4-5,9H2,1-3H3. The monoisotopic (exact) mass is 307 g/mol. The molecule has 6 heteroatoms. The summed E-state index contributed by atoms with van der Waals surface area (Å²) >= 11 is 5.89. The lowest BCUT2D eigenvalue weighted by atomic mass is 9.97. The highest BCUT2D eigenvalue weighted by atomic mass is 35.5. The van der Waals surface area contributed by atoms with Crippen LogP contribution in [0.3, 0.4) is 0 Å². The second-order valence-electron chi connectivity index (χ2n) is 4.64. The lowest BCUT2D eigenvalue weighted by molar-refractivity contribution is 0.393. The molecule has 1 aromatic carbocycles. The summed E-state index contributed by atoms with van der Waals surface area (Å²) in [7, 11) is -3.78. The van der Waals surface area contributed by atoms with E-state index in [4.69, 9.17) is 11.6 Å². The molecule has 0 atom stereocenters. The molecule has 0 spiro atoms. The highest BCUT2D eigenvalue weighted by Gasteiger charge is 2.32. The van der Waals surface area contributed by atoms with E-state index >= 15 is 0 Å². The van der Waals surface area contributed by atoms with Gasteiger partial charge in [-0.3, -0.25) is 0 Å². The van der Waals surface area contributed by atoms with Crippen LogP contribution in [0, 0.1) is 12.7 Å².